The molecule has 28 heavy (non-hydrogen) atoms. The van der Waals surface area contributed by atoms with Gasteiger partial charge >= 0.3 is 0 Å². The van der Waals surface area contributed by atoms with Crippen molar-refractivity contribution >= 4 is 17.3 Å². The lowest BCUT2D eigenvalue weighted by Crippen LogP contribution is -2.12. The Bertz CT molecular complexity index is 1030. The number of hydrogen-bond acceptors (Lipinski definition) is 5. The van der Waals surface area contributed by atoms with E-state index in [1.807, 2.05) is 19.9 Å². The fourth-order valence-electron chi connectivity index (χ4n) is 2.53. The predicted molar refractivity (Wildman–Crippen MR) is 106 cm³/mol. The first-order chi connectivity index (χ1) is 13.4. The molecule has 0 spiro atoms. The van der Waals surface area contributed by atoms with E-state index < -0.39 is 11.6 Å². The maximum atomic E-state index is 13.5. The predicted octanol–water partition coefficient (Wildman–Crippen LogP) is 4.75. The minimum Gasteiger partial charge on any atom is -0.368 e. The van der Waals surface area contributed by atoms with Crippen LogP contribution in [-0.2, 0) is 0 Å². The zero-order valence-corrected chi connectivity index (χ0v) is 15.7. The molecule has 0 saturated carbocycles. The highest BCUT2D eigenvalue weighted by Crippen LogP contribution is 2.23. The average molecular weight is 379 g/mol. The summed E-state index contributed by atoms with van der Waals surface area (Å²) >= 11 is 0. The van der Waals surface area contributed by atoms with E-state index in [-0.39, 0.29) is 11.7 Å². The van der Waals surface area contributed by atoms with Gasteiger partial charge in [-0.3, -0.25) is 0 Å². The van der Waals surface area contributed by atoms with Crippen LogP contribution in [-0.4, -0.2) is 21.0 Å². The molecule has 0 aliphatic carbocycles. The van der Waals surface area contributed by atoms with Crippen molar-refractivity contribution < 1.29 is 8.78 Å². The summed E-state index contributed by atoms with van der Waals surface area (Å²) in [5.41, 5.74) is 1.39. The summed E-state index contributed by atoms with van der Waals surface area (Å²) in [7, 11) is 0. The molecule has 3 aromatic rings. The number of nitrogens with one attached hydrogen (secondary N) is 2. The van der Waals surface area contributed by atoms with Crippen molar-refractivity contribution in [2.24, 2.45) is 0 Å². The number of anilines is 3. The summed E-state index contributed by atoms with van der Waals surface area (Å²) in [6, 6.07) is 10.4. The highest BCUT2D eigenvalue weighted by molar-refractivity contribution is 5.64. The van der Waals surface area contributed by atoms with Crippen LogP contribution in [0.3, 0.4) is 0 Å². The Morgan fingerprint density at radius 2 is 1.64 bits per heavy atom. The first kappa shape index (κ1) is 19.2. The Labute approximate surface area is 162 Å². The number of hydrogen-bond donors (Lipinski definition) is 2. The Morgan fingerprint density at radius 1 is 0.929 bits per heavy atom. The van der Waals surface area contributed by atoms with Gasteiger partial charge in [0.25, 0.3) is 0 Å². The van der Waals surface area contributed by atoms with Gasteiger partial charge in [-0.1, -0.05) is 12.0 Å². The van der Waals surface area contributed by atoms with Gasteiger partial charge < -0.3 is 10.6 Å². The van der Waals surface area contributed by atoms with Gasteiger partial charge in [-0.05, 0) is 51.0 Å². The lowest BCUT2D eigenvalue weighted by molar-refractivity contribution is 0.584. The van der Waals surface area contributed by atoms with Gasteiger partial charge in [0.05, 0.1) is 0 Å². The van der Waals surface area contributed by atoms with Gasteiger partial charge in [-0.15, -0.1) is 0 Å². The van der Waals surface area contributed by atoms with Gasteiger partial charge in [0, 0.05) is 23.9 Å². The third-order valence-electron chi connectivity index (χ3n) is 3.53. The van der Waals surface area contributed by atoms with Gasteiger partial charge in [0.15, 0.2) is 5.82 Å². The standard InChI is InChI=1S/C21H19F2N5/c1-4-6-16-7-5-8-18(25-16)21-27-19(24-13(2)3)12-20(28-21)26-17-10-14(22)9-15(23)11-17/h5,7-13H,1-3H3,(H2,24,26,27,28). The maximum absolute atomic E-state index is 13.5. The number of nitrogens with zero attached hydrogens (tertiary/aromatic N) is 3. The molecule has 0 radical (unpaired) electrons. The van der Waals surface area contributed by atoms with Crippen LogP contribution in [0.1, 0.15) is 26.5 Å². The molecule has 0 bridgehead atoms. The molecule has 0 amide bonds. The minimum absolute atomic E-state index is 0.132. The highest BCUT2D eigenvalue weighted by Gasteiger charge is 2.11. The molecule has 1 aromatic carbocycles. The number of aromatic nitrogens is 3. The third kappa shape index (κ3) is 5.01. The normalized spacial score (nSPS) is 10.4. The second-order valence-corrected chi connectivity index (χ2v) is 6.33. The summed E-state index contributed by atoms with van der Waals surface area (Å²) < 4.78 is 27.0. The molecule has 0 aliphatic heterocycles. The smallest absolute Gasteiger partial charge is 0.182 e. The second kappa shape index (κ2) is 8.44. The van der Waals surface area contributed by atoms with Crippen LogP contribution in [0.2, 0.25) is 0 Å². The van der Waals surface area contributed by atoms with E-state index in [9.17, 15) is 8.78 Å². The SMILES string of the molecule is CC#Cc1cccc(-c2nc(Nc3cc(F)cc(F)c3)cc(NC(C)C)n2)n1. The summed E-state index contributed by atoms with van der Waals surface area (Å²) in [5.74, 6) is 5.66. The van der Waals surface area contributed by atoms with Crippen LogP contribution in [0.15, 0.2) is 42.5 Å². The number of rotatable bonds is 5. The van der Waals surface area contributed by atoms with Gasteiger partial charge in [0.2, 0.25) is 0 Å². The fourth-order valence-corrected chi connectivity index (χ4v) is 2.53. The molecule has 0 atom stereocenters. The van der Waals surface area contributed by atoms with Gasteiger partial charge in [0.1, 0.15) is 34.7 Å². The molecular formula is C21H19F2N5. The van der Waals surface area contributed by atoms with Gasteiger partial charge in [-0.25, -0.2) is 23.7 Å². The van der Waals surface area contributed by atoms with E-state index >= 15 is 0 Å². The Morgan fingerprint density at radius 3 is 2.32 bits per heavy atom. The van der Waals surface area contributed by atoms with Crippen LogP contribution in [0.4, 0.5) is 26.1 Å². The zero-order chi connectivity index (χ0) is 20.1. The first-order valence-corrected chi connectivity index (χ1v) is 8.72. The van der Waals surface area contributed by atoms with Crippen LogP contribution in [0.25, 0.3) is 11.5 Å². The molecule has 3 rings (SSSR count). The molecule has 142 valence electrons. The van der Waals surface area contributed by atoms with E-state index in [1.54, 1.807) is 25.1 Å². The van der Waals surface area contributed by atoms with Crippen molar-refractivity contribution in [3.63, 3.8) is 0 Å². The van der Waals surface area contributed by atoms with E-state index in [4.69, 9.17) is 0 Å². The first-order valence-electron chi connectivity index (χ1n) is 8.72. The molecule has 7 heteroatoms. The van der Waals surface area contributed by atoms with E-state index in [0.717, 1.165) is 6.07 Å². The van der Waals surface area contributed by atoms with Crippen molar-refractivity contribution in [3.05, 3.63) is 59.8 Å². The number of benzene rings is 1. The van der Waals surface area contributed by atoms with E-state index in [1.165, 1.54) is 12.1 Å². The summed E-state index contributed by atoms with van der Waals surface area (Å²) in [6.07, 6.45) is 0. The minimum atomic E-state index is -0.676. The van der Waals surface area contributed by atoms with Crippen LogP contribution < -0.4 is 10.6 Å². The molecule has 0 fully saturated rings. The molecule has 5 nitrogen and oxygen atoms in total. The quantitative estimate of drug-likeness (QED) is 0.626. The Balaban J connectivity index is 2.03. The van der Waals surface area contributed by atoms with Crippen molar-refractivity contribution in [1.82, 2.24) is 15.0 Å². The molecular weight excluding hydrogens is 360 g/mol. The third-order valence-corrected chi connectivity index (χ3v) is 3.53. The van der Waals surface area contributed by atoms with Crippen molar-refractivity contribution in [2.75, 3.05) is 10.6 Å². The molecule has 2 heterocycles. The number of halogens is 2. The lowest BCUT2D eigenvalue weighted by Gasteiger charge is -2.13. The van der Waals surface area contributed by atoms with Crippen LogP contribution in [0.5, 0.6) is 0 Å². The summed E-state index contributed by atoms with van der Waals surface area (Å²) in [4.78, 5) is 13.4. The largest absolute Gasteiger partial charge is 0.368 e. The fraction of sp³-hybridized carbons (Fsp3) is 0.190. The molecule has 2 aromatic heterocycles. The molecule has 0 unspecified atom stereocenters. The van der Waals surface area contributed by atoms with Crippen LogP contribution in [0, 0.1) is 23.5 Å². The maximum Gasteiger partial charge on any atom is 0.182 e. The van der Waals surface area contributed by atoms with Crippen molar-refractivity contribution in [1.29, 1.82) is 0 Å². The summed E-state index contributed by atoms with van der Waals surface area (Å²) in [6.45, 7) is 5.69. The highest BCUT2D eigenvalue weighted by atomic mass is 19.1. The van der Waals surface area contributed by atoms with Gasteiger partial charge in [-0.2, -0.15) is 0 Å². The molecule has 2 N–H and O–H groups in total. The van der Waals surface area contributed by atoms with E-state index in [0.29, 0.717) is 28.8 Å². The van der Waals surface area contributed by atoms with Crippen LogP contribution >= 0.6 is 0 Å². The number of pyridine rings is 1. The zero-order valence-electron chi connectivity index (χ0n) is 15.7. The second-order valence-electron chi connectivity index (χ2n) is 6.33. The Hall–Kier alpha value is -3.53. The molecule has 0 saturated heterocycles. The average Bonchev–Trinajstić information content (AvgIpc) is 2.60. The van der Waals surface area contributed by atoms with E-state index in [2.05, 4.69) is 37.4 Å². The Kier molecular flexibility index (Phi) is 5.80. The monoisotopic (exact) mass is 379 g/mol. The van der Waals surface area contributed by atoms with Crippen molar-refractivity contribution in [3.8, 4) is 23.4 Å². The molecule has 0 aliphatic rings. The topological polar surface area (TPSA) is 62.7 Å². The lowest BCUT2D eigenvalue weighted by atomic mass is 10.2. The summed E-state index contributed by atoms with van der Waals surface area (Å²) in [5, 5.41) is 6.13. The van der Waals surface area contributed by atoms with Crippen molar-refractivity contribution in [2.45, 2.75) is 26.8 Å².